The van der Waals surface area contributed by atoms with E-state index in [1.807, 2.05) is 36.7 Å². The first kappa shape index (κ1) is 19.8. The number of aliphatic hydroxyl groups is 1. The van der Waals surface area contributed by atoms with Crippen LogP contribution in [-0.4, -0.2) is 33.0 Å². The lowest BCUT2D eigenvalue weighted by molar-refractivity contribution is -0.125. The normalized spacial score (nSPS) is 12.1. The summed E-state index contributed by atoms with van der Waals surface area (Å²) in [5, 5.41) is 11.2. The Hall–Kier alpha value is -3.51. The van der Waals surface area contributed by atoms with Crippen molar-refractivity contribution in [1.82, 2.24) is 15.0 Å². The van der Waals surface area contributed by atoms with Crippen molar-refractivity contribution in [2.75, 3.05) is 7.11 Å². The number of hydrogen-bond donors (Lipinski definition) is 2. The summed E-state index contributed by atoms with van der Waals surface area (Å²) in [6.07, 6.45) is 6.60. The van der Waals surface area contributed by atoms with E-state index in [-0.39, 0.29) is 5.78 Å². The van der Waals surface area contributed by atoms with E-state index in [4.69, 9.17) is 4.74 Å². The number of nitrogens with one attached hydrogen (secondary N) is 1. The van der Waals surface area contributed by atoms with E-state index in [9.17, 15) is 9.90 Å². The number of methoxy groups -OCH3 is 1. The third-order valence-electron chi connectivity index (χ3n) is 5.33. The number of aliphatic hydroxyl groups excluding tert-OH is 1. The predicted octanol–water partition coefficient (Wildman–Crippen LogP) is 4.49. The molecule has 0 saturated carbocycles. The molecule has 3 heterocycles. The number of carbonyl (C=O) groups excluding carboxylic acids is 1. The van der Waals surface area contributed by atoms with E-state index < -0.39 is 6.10 Å². The topological polar surface area (TPSA) is 88.1 Å². The molecule has 4 rings (SSSR count). The average molecular weight is 401 g/mol. The van der Waals surface area contributed by atoms with Gasteiger partial charge in [0.1, 0.15) is 17.5 Å². The number of fused-ring (bicyclic) bond motifs is 1. The second-order valence-electron chi connectivity index (χ2n) is 7.15. The minimum absolute atomic E-state index is 0.317. The molecule has 3 aromatic heterocycles. The Kier molecular flexibility index (Phi) is 5.33. The maximum Gasteiger partial charge on any atom is 0.162 e. The van der Waals surface area contributed by atoms with Crippen molar-refractivity contribution in [1.29, 1.82) is 0 Å². The van der Waals surface area contributed by atoms with Crippen LogP contribution in [0.5, 0.6) is 5.75 Å². The first-order chi connectivity index (χ1) is 14.5. The molecule has 152 valence electrons. The van der Waals surface area contributed by atoms with Gasteiger partial charge in [-0.2, -0.15) is 0 Å². The van der Waals surface area contributed by atoms with Crippen molar-refractivity contribution in [2.45, 2.75) is 26.4 Å². The van der Waals surface area contributed by atoms with Crippen LogP contribution >= 0.6 is 0 Å². The molecule has 0 amide bonds. The molecule has 0 aliphatic rings. The molecule has 1 unspecified atom stereocenters. The van der Waals surface area contributed by atoms with Crippen LogP contribution in [0.15, 0.2) is 55.1 Å². The van der Waals surface area contributed by atoms with E-state index >= 15 is 0 Å². The minimum Gasteiger partial charge on any atom is -0.496 e. The lowest BCUT2D eigenvalue weighted by Gasteiger charge is -2.14. The molecule has 0 radical (unpaired) electrons. The summed E-state index contributed by atoms with van der Waals surface area (Å²) in [7, 11) is 1.66. The van der Waals surface area contributed by atoms with Crippen LogP contribution in [0.25, 0.3) is 33.3 Å². The summed E-state index contributed by atoms with van der Waals surface area (Å²) >= 11 is 0. The third kappa shape index (κ3) is 3.35. The molecule has 1 atom stereocenters. The summed E-state index contributed by atoms with van der Waals surface area (Å²) in [5.41, 5.74) is 6.11. The Bertz CT molecular complexity index is 1230. The molecule has 0 fully saturated rings. The van der Waals surface area contributed by atoms with Crippen LogP contribution in [0.2, 0.25) is 0 Å². The van der Waals surface area contributed by atoms with Gasteiger partial charge in [0.05, 0.1) is 7.11 Å². The van der Waals surface area contributed by atoms with E-state index in [1.54, 1.807) is 19.4 Å². The molecule has 30 heavy (non-hydrogen) atoms. The van der Waals surface area contributed by atoms with Gasteiger partial charge in [-0.3, -0.25) is 9.78 Å². The Morgan fingerprint density at radius 2 is 1.97 bits per heavy atom. The van der Waals surface area contributed by atoms with Gasteiger partial charge in [-0.25, -0.2) is 4.98 Å². The summed E-state index contributed by atoms with van der Waals surface area (Å²) in [6.45, 7) is 3.46. The van der Waals surface area contributed by atoms with Gasteiger partial charge in [-0.1, -0.05) is 25.1 Å². The average Bonchev–Trinajstić information content (AvgIpc) is 3.22. The van der Waals surface area contributed by atoms with E-state index in [2.05, 4.69) is 21.9 Å². The fourth-order valence-corrected chi connectivity index (χ4v) is 3.85. The van der Waals surface area contributed by atoms with Gasteiger partial charge < -0.3 is 14.8 Å². The zero-order valence-corrected chi connectivity index (χ0v) is 17.1. The maximum atomic E-state index is 11.6. The highest BCUT2D eigenvalue weighted by molar-refractivity contribution is 6.00. The Morgan fingerprint density at radius 3 is 2.70 bits per heavy atom. The summed E-state index contributed by atoms with van der Waals surface area (Å²) in [4.78, 5) is 23.8. The fraction of sp³-hybridized carbons (Fsp3) is 0.208. The molecule has 0 bridgehead atoms. The zero-order valence-electron chi connectivity index (χ0n) is 17.1. The van der Waals surface area contributed by atoms with Crippen LogP contribution in [0.3, 0.4) is 0 Å². The maximum absolute atomic E-state index is 11.6. The molecule has 6 heteroatoms. The molecular formula is C24H23N3O3. The number of ketones is 1. The van der Waals surface area contributed by atoms with Crippen molar-refractivity contribution in [3.8, 4) is 28.0 Å². The molecule has 0 saturated heterocycles. The number of Topliss-reactive ketones (excluding diaryl/α,β-unsaturated/α-hetero) is 1. The third-order valence-corrected chi connectivity index (χ3v) is 5.33. The van der Waals surface area contributed by atoms with Gasteiger partial charge in [-0.05, 0) is 31.0 Å². The number of aromatic amines is 1. The summed E-state index contributed by atoms with van der Waals surface area (Å²) in [6, 6.07) is 9.69. The van der Waals surface area contributed by atoms with Crippen molar-refractivity contribution in [2.24, 2.45) is 0 Å². The number of carbonyl (C=O) groups is 1. The van der Waals surface area contributed by atoms with Gasteiger partial charge >= 0.3 is 0 Å². The van der Waals surface area contributed by atoms with Crippen LogP contribution in [0, 0.1) is 0 Å². The second-order valence-corrected chi connectivity index (χ2v) is 7.15. The number of rotatable bonds is 6. The molecule has 4 aromatic rings. The Balaban J connectivity index is 1.94. The highest BCUT2D eigenvalue weighted by atomic mass is 16.5. The molecule has 6 nitrogen and oxygen atoms in total. The van der Waals surface area contributed by atoms with Crippen LogP contribution in [-0.2, 0) is 11.2 Å². The lowest BCUT2D eigenvalue weighted by atomic mass is 9.93. The first-order valence-electron chi connectivity index (χ1n) is 9.81. The van der Waals surface area contributed by atoms with E-state index in [0.29, 0.717) is 5.56 Å². The minimum atomic E-state index is -1.18. The van der Waals surface area contributed by atoms with Crippen molar-refractivity contribution < 1.29 is 14.6 Å². The van der Waals surface area contributed by atoms with Crippen molar-refractivity contribution >= 4 is 16.8 Å². The number of H-pyrrole nitrogens is 1. The lowest BCUT2D eigenvalue weighted by Crippen LogP contribution is -2.08. The molecule has 1 aromatic carbocycles. The van der Waals surface area contributed by atoms with E-state index in [1.165, 1.54) is 13.1 Å². The highest BCUT2D eigenvalue weighted by Crippen LogP contribution is 2.39. The molecule has 0 aliphatic heterocycles. The van der Waals surface area contributed by atoms with Gasteiger partial charge in [0.15, 0.2) is 5.78 Å². The number of ether oxygens (including phenoxy) is 1. The standard InChI is InChI=1S/C24H23N3O3/c1-4-17-19(15-9-16(11-25-10-15)23(29)14(2)28)12-26-24-22(17)20(13-27-24)18-7-5-6-8-21(18)30-3/h5-13,23,29H,4H2,1-3H3,(H,26,27). The Morgan fingerprint density at radius 1 is 1.17 bits per heavy atom. The van der Waals surface area contributed by atoms with Gasteiger partial charge in [0.25, 0.3) is 0 Å². The number of aryl methyl sites for hydroxylation is 1. The molecule has 2 N–H and O–H groups in total. The van der Waals surface area contributed by atoms with Crippen molar-refractivity contribution in [3.63, 3.8) is 0 Å². The quantitative estimate of drug-likeness (QED) is 0.497. The molecular weight excluding hydrogens is 378 g/mol. The number of benzene rings is 1. The Labute approximate surface area is 174 Å². The molecule has 0 aliphatic carbocycles. The first-order valence-corrected chi connectivity index (χ1v) is 9.81. The van der Waals surface area contributed by atoms with Crippen LogP contribution in [0.4, 0.5) is 0 Å². The fourth-order valence-electron chi connectivity index (χ4n) is 3.85. The van der Waals surface area contributed by atoms with Crippen LogP contribution < -0.4 is 4.74 Å². The SMILES string of the molecule is CCc1c(-c2cncc(C(O)C(C)=O)c2)cnc2[nH]cc(-c3ccccc3OC)c12. The number of para-hydroxylation sites is 1. The van der Waals surface area contributed by atoms with Gasteiger partial charge in [0.2, 0.25) is 0 Å². The number of nitrogens with zero attached hydrogens (tertiary/aromatic N) is 2. The largest absolute Gasteiger partial charge is 0.496 e. The zero-order chi connectivity index (χ0) is 21.3. The summed E-state index contributed by atoms with van der Waals surface area (Å²) < 4.78 is 5.57. The van der Waals surface area contributed by atoms with Gasteiger partial charge in [0, 0.05) is 58.0 Å². The van der Waals surface area contributed by atoms with E-state index in [0.717, 1.165) is 51.0 Å². The smallest absolute Gasteiger partial charge is 0.162 e. The summed E-state index contributed by atoms with van der Waals surface area (Å²) in [5.74, 6) is 0.474. The number of hydrogen-bond acceptors (Lipinski definition) is 5. The monoisotopic (exact) mass is 401 g/mol. The highest BCUT2D eigenvalue weighted by Gasteiger charge is 2.19. The number of pyridine rings is 2. The van der Waals surface area contributed by atoms with Crippen molar-refractivity contribution in [3.05, 3.63) is 66.2 Å². The second kappa shape index (κ2) is 8.08. The predicted molar refractivity (Wildman–Crippen MR) is 116 cm³/mol. The number of aromatic nitrogens is 3. The molecule has 0 spiro atoms. The van der Waals surface area contributed by atoms with Gasteiger partial charge in [-0.15, -0.1) is 0 Å². The van der Waals surface area contributed by atoms with Crippen LogP contribution in [0.1, 0.15) is 31.1 Å².